The third-order valence-corrected chi connectivity index (χ3v) is 6.68. The number of phenolic OH excluding ortho intramolecular Hbond substituents is 2. The molecule has 40 heavy (non-hydrogen) atoms. The lowest BCUT2D eigenvalue weighted by Crippen LogP contribution is -2.38. The number of ketones is 3. The van der Waals surface area contributed by atoms with E-state index in [1.54, 1.807) is 0 Å². The quantitative estimate of drug-likeness (QED) is 0.183. The van der Waals surface area contributed by atoms with Gasteiger partial charge in [-0.2, -0.15) is 26.3 Å². The van der Waals surface area contributed by atoms with Gasteiger partial charge in [0.1, 0.15) is 45.3 Å². The summed E-state index contributed by atoms with van der Waals surface area (Å²) < 4.78 is 84.8. The number of halogens is 6. The molecule has 0 aromatic heterocycles. The van der Waals surface area contributed by atoms with Crippen molar-refractivity contribution < 1.29 is 60.8 Å². The summed E-state index contributed by atoms with van der Waals surface area (Å²) in [4.78, 5) is 38.5. The topological polar surface area (TPSA) is 121 Å². The van der Waals surface area contributed by atoms with E-state index >= 15 is 0 Å². The van der Waals surface area contributed by atoms with Crippen LogP contribution in [0, 0.1) is 6.92 Å². The van der Waals surface area contributed by atoms with Gasteiger partial charge in [-0.15, -0.1) is 0 Å². The maximum Gasteiger partial charge on any atom is 0.416 e. The van der Waals surface area contributed by atoms with E-state index in [0.29, 0.717) is 24.3 Å². The van der Waals surface area contributed by atoms with Crippen molar-refractivity contribution in [1.29, 1.82) is 0 Å². The molecule has 210 valence electrons. The molecule has 7 nitrogen and oxygen atoms in total. The predicted molar refractivity (Wildman–Crippen MR) is 126 cm³/mol. The van der Waals surface area contributed by atoms with Gasteiger partial charge in [-0.3, -0.25) is 14.4 Å². The van der Waals surface area contributed by atoms with Crippen molar-refractivity contribution in [3.63, 3.8) is 0 Å². The van der Waals surface area contributed by atoms with Crippen LogP contribution < -0.4 is 4.74 Å². The molecule has 1 aliphatic carbocycles. The fraction of sp³-hybridized carbons (Fsp3) is 0.222. The van der Waals surface area contributed by atoms with E-state index in [1.165, 1.54) is 13.8 Å². The van der Waals surface area contributed by atoms with Crippen molar-refractivity contribution in [3.05, 3.63) is 80.8 Å². The number of phenols is 2. The fourth-order valence-corrected chi connectivity index (χ4v) is 4.59. The minimum Gasteiger partial charge on any atom is -0.507 e. The van der Waals surface area contributed by atoms with Gasteiger partial charge in [0.2, 0.25) is 0 Å². The second-order valence-corrected chi connectivity index (χ2v) is 9.32. The number of hydrogen-bond donors (Lipinski definition) is 3. The Morgan fingerprint density at radius 3 is 2.00 bits per heavy atom. The van der Waals surface area contributed by atoms with Crippen LogP contribution >= 0.6 is 0 Å². The molecular weight excluding hydrogens is 550 g/mol. The zero-order chi connectivity index (χ0) is 30.1. The molecule has 1 atom stereocenters. The highest BCUT2D eigenvalue weighted by Crippen LogP contribution is 2.57. The van der Waals surface area contributed by atoms with Crippen LogP contribution in [0.3, 0.4) is 0 Å². The van der Waals surface area contributed by atoms with Gasteiger partial charge in [-0.25, -0.2) is 0 Å². The number of alkyl halides is 6. The van der Waals surface area contributed by atoms with Gasteiger partial charge in [0.15, 0.2) is 17.3 Å². The molecule has 2 aromatic carbocycles. The summed E-state index contributed by atoms with van der Waals surface area (Å²) in [7, 11) is 0. The number of ether oxygens (including phenoxy) is 1. The predicted octanol–water partition coefficient (Wildman–Crippen LogP) is 5.86. The van der Waals surface area contributed by atoms with Crippen LogP contribution in [0.15, 0.2) is 47.4 Å². The minimum atomic E-state index is -5.13. The first-order valence-electron chi connectivity index (χ1n) is 11.3. The monoisotopic (exact) mass is 568 g/mol. The Balaban J connectivity index is 1.86. The molecule has 2 aromatic rings. The zero-order valence-electron chi connectivity index (χ0n) is 20.7. The van der Waals surface area contributed by atoms with Gasteiger partial charge >= 0.3 is 12.4 Å². The van der Waals surface area contributed by atoms with Gasteiger partial charge in [0, 0.05) is 11.6 Å². The summed E-state index contributed by atoms with van der Waals surface area (Å²) in [6.07, 6.45) is -8.08. The molecule has 1 heterocycles. The molecule has 0 fully saturated rings. The van der Waals surface area contributed by atoms with Crippen molar-refractivity contribution in [3.8, 4) is 17.2 Å². The Labute approximate surface area is 221 Å². The molecule has 0 saturated heterocycles. The molecule has 2 aliphatic rings. The zero-order valence-corrected chi connectivity index (χ0v) is 20.7. The van der Waals surface area contributed by atoms with E-state index in [4.69, 9.17) is 4.74 Å². The standard InChI is InChI=1S/C27H18F6O7/c1-10-21(37)19(15(35)5-4-12-6-13(26(28,29)30)8-14(7-12)27(31,32)33)23-20(22(10)38)25(3)17(40-23)9-16(36)18(11(2)34)24(25)39/h4-9,36-38H,1-3H3/b5-4+/t25-/m1/s1. The number of benzene rings is 2. The summed E-state index contributed by atoms with van der Waals surface area (Å²) in [5, 5.41) is 31.7. The Bertz CT molecular complexity index is 1580. The van der Waals surface area contributed by atoms with Crippen molar-refractivity contribution >= 4 is 23.4 Å². The van der Waals surface area contributed by atoms with Crippen LogP contribution in [0.2, 0.25) is 0 Å². The molecule has 0 amide bonds. The smallest absolute Gasteiger partial charge is 0.416 e. The first-order valence-corrected chi connectivity index (χ1v) is 11.3. The number of carbonyl (C=O) groups excluding carboxylic acids is 3. The maximum absolute atomic E-state index is 13.3. The Morgan fingerprint density at radius 2 is 1.50 bits per heavy atom. The third-order valence-electron chi connectivity index (χ3n) is 6.68. The van der Waals surface area contributed by atoms with Gasteiger partial charge in [0.25, 0.3) is 0 Å². The van der Waals surface area contributed by atoms with E-state index in [0.717, 1.165) is 13.0 Å². The van der Waals surface area contributed by atoms with Crippen LogP contribution in [0.1, 0.15) is 52.0 Å². The van der Waals surface area contributed by atoms with Crippen LogP contribution in [0.25, 0.3) is 6.08 Å². The molecule has 13 heteroatoms. The molecule has 0 saturated carbocycles. The highest BCUT2D eigenvalue weighted by molar-refractivity contribution is 6.26. The second kappa shape index (κ2) is 9.00. The summed E-state index contributed by atoms with van der Waals surface area (Å²) in [6, 6.07) is 0.693. The summed E-state index contributed by atoms with van der Waals surface area (Å²) in [6.45, 7) is 3.43. The number of aliphatic hydroxyl groups is 1. The molecular formula is C27H18F6O7. The molecule has 0 spiro atoms. The number of aliphatic hydroxyl groups excluding tert-OH is 1. The van der Waals surface area contributed by atoms with Crippen LogP contribution in [0.4, 0.5) is 26.3 Å². The molecule has 3 N–H and O–H groups in total. The number of aromatic hydroxyl groups is 2. The van der Waals surface area contributed by atoms with Gasteiger partial charge in [-0.05, 0) is 50.6 Å². The molecule has 1 aliphatic heterocycles. The number of allylic oxidation sites excluding steroid dienone is 4. The minimum absolute atomic E-state index is 0.0824. The van der Waals surface area contributed by atoms with Gasteiger partial charge in [-0.1, -0.05) is 6.08 Å². The lowest BCUT2D eigenvalue weighted by atomic mass is 9.71. The fourth-order valence-electron chi connectivity index (χ4n) is 4.59. The highest BCUT2D eigenvalue weighted by atomic mass is 19.4. The number of carbonyl (C=O) groups is 3. The van der Waals surface area contributed by atoms with Crippen molar-refractivity contribution in [2.45, 2.75) is 38.5 Å². The molecule has 0 unspecified atom stereocenters. The first kappa shape index (κ1) is 28.5. The van der Waals surface area contributed by atoms with E-state index in [9.17, 15) is 56.0 Å². The van der Waals surface area contributed by atoms with Crippen LogP contribution in [0.5, 0.6) is 17.2 Å². The number of Topliss-reactive ketones (excluding diaryl/α,β-unsaturated/α-hetero) is 2. The van der Waals surface area contributed by atoms with Gasteiger partial charge in [0.05, 0.1) is 16.7 Å². The summed E-state index contributed by atoms with van der Waals surface area (Å²) >= 11 is 0. The maximum atomic E-state index is 13.3. The SMILES string of the molecule is CC(=O)C1=C(O)C=C2Oc3c(C(=O)/C=C/c4cc(C(F)(F)F)cc(C(F)(F)F)c4)c(O)c(C)c(O)c3[C@]2(C)C1=O. The van der Waals surface area contributed by atoms with Crippen molar-refractivity contribution in [2.24, 2.45) is 0 Å². The average Bonchev–Trinajstić information content (AvgIpc) is 3.13. The van der Waals surface area contributed by atoms with E-state index in [1.807, 2.05) is 0 Å². The third kappa shape index (κ3) is 4.31. The molecule has 0 bridgehead atoms. The number of fused-ring (bicyclic) bond motifs is 3. The van der Waals surface area contributed by atoms with E-state index in [-0.39, 0.29) is 23.0 Å². The molecule has 4 rings (SSSR count). The Hall–Kier alpha value is -4.55. The summed E-state index contributed by atoms with van der Waals surface area (Å²) in [5.41, 5.74) is -7.70. The van der Waals surface area contributed by atoms with E-state index in [2.05, 4.69) is 0 Å². The number of hydrogen-bond acceptors (Lipinski definition) is 7. The van der Waals surface area contributed by atoms with E-state index < -0.39 is 86.0 Å². The van der Waals surface area contributed by atoms with Crippen LogP contribution in [-0.2, 0) is 27.4 Å². The Kier molecular flexibility index (Phi) is 6.40. The van der Waals surface area contributed by atoms with Gasteiger partial charge < -0.3 is 20.1 Å². The van der Waals surface area contributed by atoms with Crippen molar-refractivity contribution in [1.82, 2.24) is 0 Å². The number of rotatable bonds is 4. The first-order chi connectivity index (χ1) is 18.3. The largest absolute Gasteiger partial charge is 0.507 e. The summed E-state index contributed by atoms with van der Waals surface area (Å²) in [5.74, 6) is -6.06. The normalized spacial score (nSPS) is 18.9. The second-order valence-electron chi connectivity index (χ2n) is 9.32. The highest BCUT2D eigenvalue weighted by Gasteiger charge is 2.55. The Morgan fingerprint density at radius 1 is 0.950 bits per heavy atom. The average molecular weight is 568 g/mol. The van der Waals surface area contributed by atoms with Crippen LogP contribution in [-0.4, -0.2) is 32.7 Å². The lowest BCUT2D eigenvalue weighted by Gasteiger charge is -2.28. The molecule has 0 radical (unpaired) electrons. The van der Waals surface area contributed by atoms with Crippen molar-refractivity contribution in [2.75, 3.05) is 0 Å². The lowest BCUT2D eigenvalue weighted by molar-refractivity contribution is -0.143.